The van der Waals surface area contributed by atoms with Gasteiger partial charge in [0, 0.05) is 12.6 Å². The van der Waals surface area contributed by atoms with E-state index in [-0.39, 0.29) is 5.91 Å². The van der Waals surface area contributed by atoms with Crippen LogP contribution in [0.3, 0.4) is 0 Å². The van der Waals surface area contributed by atoms with Gasteiger partial charge in [-0.25, -0.2) is 9.78 Å². The summed E-state index contributed by atoms with van der Waals surface area (Å²) in [6, 6.07) is 1.59. The van der Waals surface area contributed by atoms with Gasteiger partial charge in [0.15, 0.2) is 0 Å². The van der Waals surface area contributed by atoms with Gasteiger partial charge in [-0.05, 0) is 12.5 Å². The predicted octanol–water partition coefficient (Wildman–Crippen LogP) is 5.97. The zero-order valence-corrected chi connectivity index (χ0v) is 17.2. The number of nitrogens with one attached hydrogen (secondary N) is 2. The molecule has 0 bridgehead atoms. The molecule has 0 saturated carbocycles. The third kappa shape index (κ3) is 14.1. The van der Waals surface area contributed by atoms with Gasteiger partial charge in [-0.15, -0.1) is 0 Å². The van der Waals surface area contributed by atoms with Gasteiger partial charge in [0.1, 0.15) is 5.82 Å². The molecule has 0 aromatic carbocycles. The summed E-state index contributed by atoms with van der Waals surface area (Å²) in [5.74, 6) is 0.368. The fraction of sp³-hybridized carbons (Fsp3) is 0.773. The Morgan fingerprint density at radius 1 is 0.852 bits per heavy atom. The molecule has 1 aromatic heterocycles. The highest BCUT2D eigenvalue weighted by molar-refractivity contribution is 5.89. The quantitative estimate of drug-likeness (QED) is 0.328. The van der Waals surface area contributed by atoms with Crippen LogP contribution in [0.25, 0.3) is 0 Å². The number of unbranched alkanes of at least 4 members (excludes halogenated alkanes) is 14. The second-order valence-electron chi connectivity index (χ2n) is 7.54. The number of hydrogen-bond acceptors (Lipinski definition) is 3. The monoisotopic (exact) mass is 377 g/mol. The van der Waals surface area contributed by atoms with E-state index in [2.05, 4.69) is 22.2 Å². The van der Waals surface area contributed by atoms with Crippen LogP contribution in [0.15, 0.2) is 17.1 Å². The van der Waals surface area contributed by atoms with E-state index >= 15 is 0 Å². The maximum absolute atomic E-state index is 11.8. The molecule has 0 radical (unpaired) electrons. The molecule has 1 amide bonds. The van der Waals surface area contributed by atoms with Crippen molar-refractivity contribution in [3.05, 3.63) is 22.7 Å². The minimum absolute atomic E-state index is 0.0495. The van der Waals surface area contributed by atoms with Crippen LogP contribution >= 0.6 is 0 Å². The van der Waals surface area contributed by atoms with Gasteiger partial charge in [0.25, 0.3) is 0 Å². The Bertz CT molecular complexity index is 542. The van der Waals surface area contributed by atoms with E-state index in [4.69, 9.17) is 0 Å². The summed E-state index contributed by atoms with van der Waals surface area (Å²) in [6.45, 7) is 2.27. The highest BCUT2D eigenvalue weighted by Crippen LogP contribution is 2.13. The lowest BCUT2D eigenvalue weighted by Crippen LogP contribution is -2.17. The molecule has 1 heterocycles. The van der Waals surface area contributed by atoms with Crippen LogP contribution in [0.5, 0.6) is 0 Å². The summed E-state index contributed by atoms with van der Waals surface area (Å²) in [5.41, 5.74) is -0.445. The molecule has 0 unspecified atom stereocenters. The van der Waals surface area contributed by atoms with Crippen molar-refractivity contribution in [1.82, 2.24) is 9.97 Å². The summed E-state index contributed by atoms with van der Waals surface area (Å²) in [6.07, 6.45) is 21.6. The van der Waals surface area contributed by atoms with E-state index in [1.807, 2.05) is 0 Å². The van der Waals surface area contributed by atoms with Crippen molar-refractivity contribution < 1.29 is 4.79 Å². The number of nitrogens with zero attached hydrogens (tertiary/aromatic N) is 1. The number of amides is 1. The number of hydrogen-bond donors (Lipinski definition) is 2. The second kappa shape index (κ2) is 16.5. The molecule has 0 spiro atoms. The van der Waals surface area contributed by atoms with Crippen LogP contribution in [0.4, 0.5) is 5.82 Å². The minimum atomic E-state index is -0.445. The lowest BCUT2D eigenvalue weighted by Gasteiger charge is -2.05. The molecule has 5 heteroatoms. The smallest absolute Gasteiger partial charge is 0.312 e. The third-order valence-corrected chi connectivity index (χ3v) is 4.96. The van der Waals surface area contributed by atoms with Gasteiger partial charge in [-0.2, -0.15) is 0 Å². The van der Waals surface area contributed by atoms with Gasteiger partial charge in [0.2, 0.25) is 5.91 Å². The lowest BCUT2D eigenvalue weighted by atomic mass is 10.0. The van der Waals surface area contributed by atoms with E-state index in [9.17, 15) is 9.59 Å². The number of rotatable bonds is 17. The molecule has 27 heavy (non-hydrogen) atoms. The number of carbonyl (C=O) groups excluding carboxylic acids is 1. The summed E-state index contributed by atoms with van der Waals surface area (Å²) < 4.78 is 0. The molecular weight excluding hydrogens is 338 g/mol. The van der Waals surface area contributed by atoms with E-state index in [0.29, 0.717) is 12.2 Å². The van der Waals surface area contributed by atoms with E-state index in [1.165, 1.54) is 89.7 Å². The first kappa shape index (κ1) is 23.4. The Kier molecular flexibility index (Phi) is 14.3. The first-order valence-corrected chi connectivity index (χ1v) is 11.1. The number of H-pyrrole nitrogens is 1. The largest absolute Gasteiger partial charge is 0.346 e. The van der Waals surface area contributed by atoms with Crippen LogP contribution in [0.2, 0.25) is 0 Å². The fourth-order valence-electron chi connectivity index (χ4n) is 3.31. The van der Waals surface area contributed by atoms with E-state index in [1.54, 1.807) is 6.07 Å². The van der Waals surface area contributed by atoms with Crippen molar-refractivity contribution in [2.24, 2.45) is 0 Å². The lowest BCUT2D eigenvalue weighted by molar-refractivity contribution is -0.116. The molecule has 5 nitrogen and oxygen atoms in total. The van der Waals surface area contributed by atoms with E-state index in [0.717, 1.165) is 12.8 Å². The normalized spacial score (nSPS) is 10.9. The Morgan fingerprint density at radius 2 is 1.33 bits per heavy atom. The number of carbonyl (C=O) groups is 1. The van der Waals surface area contributed by atoms with Gasteiger partial charge >= 0.3 is 5.69 Å². The van der Waals surface area contributed by atoms with Crippen LogP contribution in [0.1, 0.15) is 110 Å². The Morgan fingerprint density at radius 3 is 1.81 bits per heavy atom. The Hall–Kier alpha value is -1.65. The second-order valence-corrected chi connectivity index (χ2v) is 7.54. The molecule has 2 N–H and O–H groups in total. The maximum atomic E-state index is 11.8. The SMILES string of the molecule is CCCCCCCCCCCCCCCCCC(=O)Nc1ccnc(=O)[nH]1. The first-order valence-electron chi connectivity index (χ1n) is 11.1. The van der Waals surface area contributed by atoms with Crippen molar-refractivity contribution in [2.45, 2.75) is 110 Å². The first-order chi connectivity index (χ1) is 13.2. The molecule has 0 saturated heterocycles. The van der Waals surface area contributed by atoms with Gasteiger partial charge in [-0.1, -0.05) is 96.8 Å². The number of aromatic amines is 1. The van der Waals surface area contributed by atoms with Crippen molar-refractivity contribution in [3.63, 3.8) is 0 Å². The average Bonchev–Trinajstić information content (AvgIpc) is 2.65. The molecule has 0 aliphatic rings. The van der Waals surface area contributed by atoms with Crippen LogP contribution in [-0.2, 0) is 4.79 Å². The molecule has 1 rings (SSSR count). The highest BCUT2D eigenvalue weighted by Gasteiger charge is 2.03. The standard InChI is InChI=1S/C22H39N3O2/c1-2-3-4-5-6-7-8-9-10-11-12-13-14-15-16-17-21(26)24-20-18-19-23-22(27)25-20/h18-19H,2-17H2,1H3,(H2,23,24,25,26,27). The Labute approximate surface area is 164 Å². The number of anilines is 1. The summed E-state index contributed by atoms with van der Waals surface area (Å²) in [5, 5.41) is 2.70. The molecule has 0 aliphatic carbocycles. The van der Waals surface area contributed by atoms with Crippen molar-refractivity contribution in [2.75, 3.05) is 5.32 Å². The topological polar surface area (TPSA) is 74.8 Å². The van der Waals surface area contributed by atoms with Crippen molar-refractivity contribution in [3.8, 4) is 0 Å². The zero-order valence-electron chi connectivity index (χ0n) is 17.2. The van der Waals surface area contributed by atoms with Gasteiger partial charge < -0.3 is 5.32 Å². The molecular formula is C22H39N3O2. The van der Waals surface area contributed by atoms with Gasteiger partial charge in [-0.3, -0.25) is 9.78 Å². The van der Waals surface area contributed by atoms with E-state index < -0.39 is 5.69 Å². The molecule has 0 fully saturated rings. The highest BCUT2D eigenvalue weighted by atomic mass is 16.2. The summed E-state index contributed by atoms with van der Waals surface area (Å²) >= 11 is 0. The summed E-state index contributed by atoms with van der Waals surface area (Å²) in [7, 11) is 0. The molecule has 0 atom stereocenters. The molecule has 1 aromatic rings. The minimum Gasteiger partial charge on any atom is -0.312 e. The predicted molar refractivity (Wildman–Crippen MR) is 113 cm³/mol. The fourth-order valence-corrected chi connectivity index (χ4v) is 3.31. The Balaban J connectivity index is 1.82. The maximum Gasteiger partial charge on any atom is 0.346 e. The van der Waals surface area contributed by atoms with Gasteiger partial charge in [0.05, 0.1) is 0 Å². The van der Waals surface area contributed by atoms with Crippen LogP contribution < -0.4 is 11.0 Å². The zero-order chi connectivity index (χ0) is 19.6. The van der Waals surface area contributed by atoms with Crippen LogP contribution in [-0.4, -0.2) is 15.9 Å². The molecule has 154 valence electrons. The van der Waals surface area contributed by atoms with Crippen molar-refractivity contribution in [1.29, 1.82) is 0 Å². The summed E-state index contributed by atoms with van der Waals surface area (Å²) in [4.78, 5) is 28.9. The molecule has 0 aliphatic heterocycles. The number of aromatic nitrogens is 2. The van der Waals surface area contributed by atoms with Crippen molar-refractivity contribution >= 4 is 11.7 Å². The third-order valence-electron chi connectivity index (χ3n) is 4.96. The van der Waals surface area contributed by atoms with Crippen LogP contribution in [0, 0.1) is 0 Å². The average molecular weight is 378 g/mol.